The quantitative estimate of drug-likeness (QED) is 0.683. The molecule has 6 nitrogen and oxygen atoms in total. The third kappa shape index (κ3) is 3.90. The van der Waals surface area contributed by atoms with Crippen LogP contribution in [0.1, 0.15) is 46.9 Å². The van der Waals surface area contributed by atoms with Gasteiger partial charge in [0.05, 0.1) is 0 Å². The van der Waals surface area contributed by atoms with E-state index in [-0.39, 0.29) is 11.8 Å². The fourth-order valence-corrected chi connectivity index (χ4v) is 4.71. The summed E-state index contributed by atoms with van der Waals surface area (Å²) in [6, 6.07) is 14.2. The number of aromatic nitrogens is 1. The summed E-state index contributed by atoms with van der Waals surface area (Å²) in [4.78, 5) is 32.3. The zero-order valence-corrected chi connectivity index (χ0v) is 17.9. The second kappa shape index (κ2) is 8.10. The number of amides is 2. The van der Waals surface area contributed by atoms with E-state index < -0.39 is 0 Å². The second-order valence-corrected chi connectivity index (χ2v) is 8.58. The van der Waals surface area contributed by atoms with E-state index in [2.05, 4.69) is 39.5 Å². The maximum absolute atomic E-state index is 12.8. The average molecular weight is 417 g/mol. The molecule has 2 N–H and O–H groups in total. The first-order chi connectivity index (χ1) is 15.1. The van der Waals surface area contributed by atoms with E-state index in [0.717, 1.165) is 48.1 Å². The van der Waals surface area contributed by atoms with Gasteiger partial charge in [-0.25, -0.2) is 0 Å². The fourth-order valence-electron chi connectivity index (χ4n) is 4.71. The zero-order chi connectivity index (χ0) is 21.4. The largest absolute Gasteiger partial charge is 0.372 e. The van der Waals surface area contributed by atoms with Crippen molar-refractivity contribution in [3.8, 4) is 0 Å². The first-order valence-electron chi connectivity index (χ1n) is 11.1. The molecule has 0 spiro atoms. The normalized spacial score (nSPS) is 15.9. The second-order valence-electron chi connectivity index (χ2n) is 8.58. The molecule has 6 heteroatoms. The van der Waals surface area contributed by atoms with E-state index >= 15 is 0 Å². The van der Waals surface area contributed by atoms with Crippen LogP contribution in [0.4, 0.5) is 5.69 Å². The number of hydrogen-bond acceptors (Lipinski definition) is 3. The number of aromatic amines is 1. The Labute approximate surface area is 182 Å². The number of nitrogens with zero attached hydrogens (tertiary/aromatic N) is 2. The van der Waals surface area contributed by atoms with Gasteiger partial charge in [-0.05, 0) is 48.7 Å². The van der Waals surface area contributed by atoms with Gasteiger partial charge in [0.15, 0.2) is 0 Å². The number of nitrogens with one attached hydrogen (secondary N) is 2. The van der Waals surface area contributed by atoms with Crippen molar-refractivity contribution in [3.05, 3.63) is 64.8 Å². The van der Waals surface area contributed by atoms with Crippen molar-refractivity contribution in [1.82, 2.24) is 15.2 Å². The van der Waals surface area contributed by atoms with Crippen LogP contribution in [-0.2, 0) is 24.3 Å². The molecule has 0 bridgehead atoms. The predicted molar refractivity (Wildman–Crippen MR) is 122 cm³/mol. The van der Waals surface area contributed by atoms with Crippen LogP contribution in [0.3, 0.4) is 0 Å². The summed E-state index contributed by atoms with van der Waals surface area (Å²) in [5.74, 6) is 0.00403. The van der Waals surface area contributed by atoms with Gasteiger partial charge in [-0.2, -0.15) is 0 Å². The minimum absolute atomic E-state index is 0.0836. The van der Waals surface area contributed by atoms with Crippen molar-refractivity contribution in [2.45, 2.75) is 39.3 Å². The molecule has 2 amide bonds. The maximum Gasteiger partial charge on any atom is 0.251 e. The Morgan fingerprint density at radius 3 is 2.55 bits per heavy atom. The molecule has 31 heavy (non-hydrogen) atoms. The summed E-state index contributed by atoms with van der Waals surface area (Å²) >= 11 is 0. The number of carbonyl (C=O) groups excluding carboxylic acids is 2. The molecule has 2 aliphatic heterocycles. The van der Waals surface area contributed by atoms with E-state index in [4.69, 9.17) is 0 Å². The summed E-state index contributed by atoms with van der Waals surface area (Å²) in [7, 11) is 0. The Morgan fingerprint density at radius 2 is 1.81 bits per heavy atom. The van der Waals surface area contributed by atoms with Gasteiger partial charge in [0.25, 0.3) is 5.91 Å². The molecule has 160 valence electrons. The van der Waals surface area contributed by atoms with Crippen LogP contribution in [0.15, 0.2) is 42.5 Å². The molecule has 0 saturated carbocycles. The molecule has 2 aliphatic rings. The molecule has 1 saturated heterocycles. The van der Waals surface area contributed by atoms with Gasteiger partial charge in [0, 0.05) is 79.5 Å². The Bertz CT molecular complexity index is 1130. The van der Waals surface area contributed by atoms with Gasteiger partial charge in [-0.15, -0.1) is 0 Å². The molecule has 3 aromatic rings. The van der Waals surface area contributed by atoms with E-state index in [1.54, 1.807) is 6.92 Å². The van der Waals surface area contributed by atoms with Crippen molar-refractivity contribution in [2.75, 3.05) is 24.5 Å². The number of rotatable bonds is 4. The van der Waals surface area contributed by atoms with E-state index in [1.807, 2.05) is 23.1 Å². The fraction of sp³-hybridized carbons (Fsp3) is 0.360. The number of H-pyrrole nitrogens is 1. The van der Waals surface area contributed by atoms with Gasteiger partial charge in [-0.3, -0.25) is 9.59 Å². The lowest BCUT2D eigenvalue weighted by atomic mass is 10.0. The minimum atomic E-state index is -0.0836. The van der Waals surface area contributed by atoms with Crippen LogP contribution in [0.5, 0.6) is 0 Å². The number of hydrogen-bond donors (Lipinski definition) is 2. The van der Waals surface area contributed by atoms with Crippen molar-refractivity contribution >= 4 is 28.4 Å². The lowest BCUT2D eigenvalue weighted by molar-refractivity contribution is -0.129. The molecule has 2 aromatic carbocycles. The summed E-state index contributed by atoms with van der Waals surface area (Å²) in [6.07, 6.45) is 3.34. The van der Waals surface area contributed by atoms with Gasteiger partial charge in [0.1, 0.15) is 0 Å². The molecule has 1 fully saturated rings. The van der Waals surface area contributed by atoms with Crippen molar-refractivity contribution in [3.63, 3.8) is 0 Å². The highest BCUT2D eigenvalue weighted by atomic mass is 16.2. The highest BCUT2D eigenvalue weighted by molar-refractivity contribution is 5.99. The Kier molecular flexibility index (Phi) is 5.14. The minimum Gasteiger partial charge on any atom is -0.372 e. The Morgan fingerprint density at radius 1 is 1.03 bits per heavy atom. The van der Waals surface area contributed by atoms with Crippen LogP contribution in [0.2, 0.25) is 0 Å². The first-order valence-corrected chi connectivity index (χ1v) is 11.1. The van der Waals surface area contributed by atoms with Gasteiger partial charge in [-0.1, -0.05) is 12.1 Å². The van der Waals surface area contributed by atoms with E-state index in [9.17, 15) is 9.59 Å². The molecular formula is C25H28N4O2. The highest BCUT2D eigenvalue weighted by Crippen LogP contribution is 2.28. The van der Waals surface area contributed by atoms with Gasteiger partial charge >= 0.3 is 0 Å². The maximum atomic E-state index is 12.8. The number of anilines is 1. The van der Waals surface area contributed by atoms with Crippen LogP contribution >= 0.6 is 0 Å². The first kappa shape index (κ1) is 19.7. The Hall–Kier alpha value is -3.28. The molecular weight excluding hydrogens is 388 g/mol. The van der Waals surface area contributed by atoms with Crippen molar-refractivity contribution in [2.24, 2.45) is 0 Å². The SMILES string of the molecule is CC(=O)N1CCc2[nH]c3ccc(C(=O)NCc4ccc(N5CCCC5)cc4)cc3c2C1. The zero-order valence-electron chi connectivity index (χ0n) is 17.9. The van der Waals surface area contributed by atoms with Crippen LogP contribution in [0, 0.1) is 0 Å². The lowest BCUT2D eigenvalue weighted by Crippen LogP contribution is -2.33. The summed E-state index contributed by atoms with van der Waals surface area (Å²) < 4.78 is 0. The van der Waals surface area contributed by atoms with Gasteiger partial charge < -0.3 is 20.1 Å². The molecule has 0 radical (unpaired) electrons. The molecule has 5 rings (SSSR count). The van der Waals surface area contributed by atoms with Crippen LogP contribution in [-0.4, -0.2) is 41.3 Å². The summed E-state index contributed by atoms with van der Waals surface area (Å²) in [5.41, 5.74) is 6.31. The van der Waals surface area contributed by atoms with Crippen molar-refractivity contribution < 1.29 is 9.59 Å². The third-order valence-electron chi connectivity index (χ3n) is 6.54. The van der Waals surface area contributed by atoms with Crippen LogP contribution in [0.25, 0.3) is 10.9 Å². The number of carbonyl (C=O) groups is 2. The Balaban J connectivity index is 1.28. The third-order valence-corrected chi connectivity index (χ3v) is 6.54. The monoisotopic (exact) mass is 416 g/mol. The molecule has 1 aromatic heterocycles. The number of benzene rings is 2. The topological polar surface area (TPSA) is 68.4 Å². The molecule has 0 aliphatic carbocycles. The lowest BCUT2D eigenvalue weighted by Gasteiger charge is -2.26. The molecule has 0 unspecified atom stereocenters. The number of fused-ring (bicyclic) bond motifs is 3. The van der Waals surface area contributed by atoms with Crippen molar-refractivity contribution in [1.29, 1.82) is 0 Å². The van der Waals surface area contributed by atoms with Gasteiger partial charge in [0.2, 0.25) is 5.91 Å². The van der Waals surface area contributed by atoms with Crippen LogP contribution < -0.4 is 10.2 Å². The van der Waals surface area contributed by atoms with E-state index in [0.29, 0.717) is 18.7 Å². The predicted octanol–water partition coefficient (Wildman–Crippen LogP) is 3.60. The molecule has 3 heterocycles. The smallest absolute Gasteiger partial charge is 0.251 e. The molecule has 0 atom stereocenters. The summed E-state index contributed by atoms with van der Waals surface area (Å²) in [5, 5.41) is 4.07. The highest BCUT2D eigenvalue weighted by Gasteiger charge is 2.22. The standard InChI is InChI=1S/C25H28N4O2/c1-17(30)29-13-10-24-22(16-29)21-14-19(6-9-23(21)27-24)25(31)26-15-18-4-7-20(8-5-18)28-11-2-3-12-28/h4-9,14,27H,2-3,10-13,15-16H2,1H3,(H,26,31). The summed E-state index contributed by atoms with van der Waals surface area (Å²) in [6.45, 7) is 5.70. The average Bonchev–Trinajstić information content (AvgIpc) is 3.45. The van der Waals surface area contributed by atoms with E-state index in [1.165, 1.54) is 24.2 Å².